The van der Waals surface area contributed by atoms with Gasteiger partial charge in [-0.1, -0.05) is 33.8 Å². The summed E-state index contributed by atoms with van der Waals surface area (Å²) in [5.74, 6) is -1.96. The van der Waals surface area contributed by atoms with Crippen LogP contribution in [0.5, 0.6) is 0 Å². The Balaban J connectivity index is 1.58. The third-order valence-corrected chi connectivity index (χ3v) is 6.34. The molecule has 0 unspecified atom stereocenters. The number of β-lactam (4-membered cyclic amide) rings is 1. The highest BCUT2D eigenvalue weighted by atomic mass is 16.6. The number of hydrogen-bond donors (Lipinski definition) is 2. The average molecular weight is 476 g/mol. The van der Waals surface area contributed by atoms with Crippen molar-refractivity contribution in [2.45, 2.75) is 46.3 Å². The van der Waals surface area contributed by atoms with E-state index in [0.717, 1.165) is 4.90 Å². The van der Waals surface area contributed by atoms with Crippen LogP contribution in [0.1, 0.15) is 33.3 Å². The second kappa shape index (κ2) is 10.3. The summed E-state index contributed by atoms with van der Waals surface area (Å²) < 4.78 is 5.66. The van der Waals surface area contributed by atoms with Gasteiger partial charge in [0.2, 0.25) is 5.91 Å². The maximum atomic E-state index is 13.0. The van der Waals surface area contributed by atoms with Crippen LogP contribution in [0, 0.1) is 17.8 Å². The maximum Gasteiger partial charge on any atom is 0.410 e. The molecule has 186 valence electrons. The topological polar surface area (TPSA) is 146 Å². The molecule has 0 radical (unpaired) electrons. The fourth-order valence-electron chi connectivity index (χ4n) is 4.52. The van der Waals surface area contributed by atoms with Crippen LogP contribution >= 0.6 is 0 Å². The van der Waals surface area contributed by atoms with Crippen molar-refractivity contribution in [3.63, 3.8) is 0 Å². The van der Waals surface area contributed by atoms with Crippen LogP contribution in [-0.4, -0.2) is 87.1 Å². The van der Waals surface area contributed by atoms with Crippen LogP contribution in [0.25, 0.3) is 0 Å². The highest BCUT2D eigenvalue weighted by Gasteiger charge is 2.55. The number of aromatic nitrogens is 1. The van der Waals surface area contributed by atoms with E-state index in [1.54, 1.807) is 12.1 Å². The summed E-state index contributed by atoms with van der Waals surface area (Å²) in [6, 6.07) is 1.35. The molecular weight excluding hydrogens is 442 g/mol. The number of carbonyl (C=O) groups is 4. The lowest BCUT2D eigenvalue weighted by atomic mass is 9.83. The predicted octanol–water partition coefficient (Wildman–Crippen LogP) is 1.67. The van der Waals surface area contributed by atoms with Crippen LogP contribution in [-0.2, 0) is 20.7 Å². The van der Waals surface area contributed by atoms with Crippen molar-refractivity contribution < 1.29 is 29.0 Å². The number of imide groups is 1. The fourth-order valence-corrected chi connectivity index (χ4v) is 4.52. The van der Waals surface area contributed by atoms with Gasteiger partial charge in [-0.05, 0) is 29.9 Å². The third-order valence-electron chi connectivity index (χ3n) is 6.34. The number of ether oxygens (including phenoxy) is 1. The molecule has 1 aromatic heterocycles. The summed E-state index contributed by atoms with van der Waals surface area (Å²) in [6.07, 6.45) is 1.00. The van der Waals surface area contributed by atoms with Crippen molar-refractivity contribution >= 4 is 29.8 Å². The van der Waals surface area contributed by atoms with Crippen molar-refractivity contribution in [3.8, 4) is 0 Å². The summed E-state index contributed by atoms with van der Waals surface area (Å²) >= 11 is 0. The molecule has 4 amide bonds. The van der Waals surface area contributed by atoms with E-state index in [0.29, 0.717) is 11.4 Å². The Morgan fingerprint density at radius 2 is 1.68 bits per heavy atom. The number of carboxylic acid groups (broad SMARTS) is 1. The molecule has 2 atom stereocenters. The van der Waals surface area contributed by atoms with Crippen LogP contribution in [0.15, 0.2) is 18.3 Å². The van der Waals surface area contributed by atoms with E-state index in [1.165, 1.54) is 16.0 Å². The molecule has 34 heavy (non-hydrogen) atoms. The molecule has 3 rings (SSSR count). The van der Waals surface area contributed by atoms with Crippen LogP contribution < -0.4 is 5.73 Å². The lowest BCUT2D eigenvalue weighted by Crippen LogP contribution is -2.70. The number of rotatable bonds is 6. The summed E-state index contributed by atoms with van der Waals surface area (Å²) in [6.45, 7) is 8.84. The monoisotopic (exact) mass is 475 g/mol. The Morgan fingerprint density at radius 3 is 2.18 bits per heavy atom. The first kappa shape index (κ1) is 25.3. The smallest absolute Gasteiger partial charge is 0.410 e. The lowest BCUT2D eigenvalue weighted by Gasteiger charge is -2.46. The molecule has 11 heteroatoms. The van der Waals surface area contributed by atoms with Gasteiger partial charge in [-0.2, -0.15) is 0 Å². The summed E-state index contributed by atoms with van der Waals surface area (Å²) in [5.41, 5.74) is 6.23. The zero-order chi connectivity index (χ0) is 25.2. The Hall–Kier alpha value is -3.37. The van der Waals surface area contributed by atoms with Gasteiger partial charge >= 0.3 is 18.1 Å². The number of nitrogens with two attached hydrogens (primary N) is 1. The summed E-state index contributed by atoms with van der Waals surface area (Å²) in [7, 11) is 0. The van der Waals surface area contributed by atoms with Gasteiger partial charge in [0.15, 0.2) is 6.04 Å². The number of aliphatic carboxylic acids is 1. The Morgan fingerprint density at radius 1 is 1.09 bits per heavy atom. The summed E-state index contributed by atoms with van der Waals surface area (Å²) in [5, 5.41) is 9.68. The van der Waals surface area contributed by atoms with Crippen LogP contribution in [0.2, 0.25) is 0 Å². The number of nitrogens with zero attached hydrogens (tertiary/aromatic N) is 4. The SMILES string of the molecule is CC(C)C(OC(=O)N1CCN(C(=O)N2C(=O)[C@H](Cc3ccc(N)nc3)[C@H]2C(=O)O)CC1)C(C)C. The molecular formula is C23H33N5O6. The first-order valence-electron chi connectivity index (χ1n) is 11.5. The number of piperazine rings is 1. The van der Waals surface area contributed by atoms with Gasteiger partial charge in [-0.15, -0.1) is 0 Å². The highest BCUT2D eigenvalue weighted by Crippen LogP contribution is 2.32. The number of urea groups is 1. The minimum absolute atomic E-state index is 0.152. The normalized spacial score (nSPS) is 20.7. The molecule has 1 aromatic rings. The highest BCUT2D eigenvalue weighted by molar-refractivity contribution is 6.07. The molecule has 2 aliphatic rings. The standard InChI is InChI=1S/C23H33N5O6/c1-13(2)19(14(3)4)34-23(33)27-9-7-26(8-10-27)22(32)28-18(21(30)31)16(20(28)29)11-15-5-6-17(24)25-12-15/h5-6,12-14,16,18-19H,7-11H2,1-4H3,(H2,24,25)(H,30,31)/t16-,18+/m1/s1. The van der Waals surface area contributed by atoms with E-state index in [1.807, 2.05) is 27.7 Å². The van der Waals surface area contributed by atoms with E-state index in [4.69, 9.17) is 10.5 Å². The van der Waals surface area contributed by atoms with Crippen molar-refractivity contribution in [1.29, 1.82) is 0 Å². The Labute approximate surface area is 198 Å². The number of carbonyl (C=O) groups excluding carboxylic acids is 3. The molecule has 0 spiro atoms. The second-order valence-electron chi connectivity index (χ2n) is 9.49. The largest absolute Gasteiger partial charge is 0.480 e. The molecule has 2 saturated heterocycles. The van der Waals surface area contributed by atoms with E-state index in [2.05, 4.69) is 4.98 Å². The zero-order valence-electron chi connectivity index (χ0n) is 20.0. The molecule has 0 aromatic carbocycles. The number of likely N-dealkylation sites (tertiary alicyclic amines) is 1. The first-order chi connectivity index (χ1) is 16.0. The molecule has 0 bridgehead atoms. The molecule has 3 N–H and O–H groups in total. The van der Waals surface area contributed by atoms with Crippen molar-refractivity contribution in [2.24, 2.45) is 17.8 Å². The lowest BCUT2D eigenvalue weighted by molar-refractivity contribution is -0.166. The number of amides is 4. The number of anilines is 1. The van der Waals surface area contributed by atoms with E-state index < -0.39 is 36.0 Å². The Bertz CT molecular complexity index is 918. The predicted molar refractivity (Wildman–Crippen MR) is 123 cm³/mol. The maximum absolute atomic E-state index is 13.0. The van der Waals surface area contributed by atoms with E-state index >= 15 is 0 Å². The van der Waals surface area contributed by atoms with Crippen molar-refractivity contribution in [2.75, 3.05) is 31.9 Å². The molecule has 2 aliphatic heterocycles. The fraction of sp³-hybridized carbons (Fsp3) is 0.609. The van der Waals surface area contributed by atoms with Gasteiger partial charge in [0, 0.05) is 32.4 Å². The third kappa shape index (κ3) is 5.23. The first-order valence-corrected chi connectivity index (χ1v) is 11.5. The van der Waals surface area contributed by atoms with Crippen LogP contribution in [0.3, 0.4) is 0 Å². The molecule has 0 saturated carbocycles. The number of nitrogen functional groups attached to an aromatic ring is 1. The zero-order valence-corrected chi connectivity index (χ0v) is 20.0. The minimum Gasteiger partial charge on any atom is -0.480 e. The number of carboxylic acids is 1. The van der Waals surface area contributed by atoms with Gasteiger partial charge in [-0.3, -0.25) is 4.79 Å². The quantitative estimate of drug-likeness (QED) is 0.591. The second-order valence-corrected chi connectivity index (χ2v) is 9.49. The number of hydrogen-bond acceptors (Lipinski definition) is 7. The molecule has 3 heterocycles. The van der Waals surface area contributed by atoms with Crippen molar-refractivity contribution in [3.05, 3.63) is 23.9 Å². The van der Waals surface area contributed by atoms with E-state index in [-0.39, 0.29) is 50.5 Å². The van der Waals surface area contributed by atoms with Gasteiger partial charge < -0.3 is 25.4 Å². The van der Waals surface area contributed by atoms with Crippen LogP contribution in [0.4, 0.5) is 15.4 Å². The van der Waals surface area contributed by atoms with Gasteiger partial charge in [0.25, 0.3) is 0 Å². The van der Waals surface area contributed by atoms with Crippen molar-refractivity contribution in [1.82, 2.24) is 19.7 Å². The van der Waals surface area contributed by atoms with Gasteiger partial charge in [-0.25, -0.2) is 24.3 Å². The van der Waals surface area contributed by atoms with Gasteiger partial charge in [0.05, 0.1) is 5.92 Å². The average Bonchev–Trinajstić information content (AvgIpc) is 2.79. The number of pyridine rings is 1. The molecule has 2 fully saturated rings. The van der Waals surface area contributed by atoms with Gasteiger partial charge in [0.1, 0.15) is 11.9 Å². The van der Waals surface area contributed by atoms with E-state index in [9.17, 15) is 24.3 Å². The Kier molecular flexibility index (Phi) is 7.63. The molecule has 11 nitrogen and oxygen atoms in total. The summed E-state index contributed by atoms with van der Waals surface area (Å²) in [4.78, 5) is 57.9. The molecule has 0 aliphatic carbocycles. The minimum atomic E-state index is -1.25.